The van der Waals surface area contributed by atoms with Crippen LogP contribution in [-0.4, -0.2) is 49.4 Å². The summed E-state index contributed by atoms with van der Waals surface area (Å²) in [5, 5.41) is 10.7. The average Bonchev–Trinajstić information content (AvgIpc) is 2.42. The molecule has 0 aromatic rings. The SMILES string of the molecule is CNC(C(=O)NC(CCCNC(N)=O)C(=O)NCS)C(C)C. The topological polar surface area (TPSA) is 125 Å². The predicted molar refractivity (Wildman–Crippen MR) is 88.4 cm³/mol. The number of nitrogens with one attached hydrogen (secondary N) is 4. The van der Waals surface area contributed by atoms with Crippen LogP contribution in [0.15, 0.2) is 0 Å². The number of urea groups is 1. The van der Waals surface area contributed by atoms with Crippen molar-refractivity contribution in [3.05, 3.63) is 0 Å². The van der Waals surface area contributed by atoms with E-state index in [2.05, 4.69) is 33.9 Å². The average molecular weight is 333 g/mol. The van der Waals surface area contributed by atoms with E-state index in [9.17, 15) is 14.4 Å². The van der Waals surface area contributed by atoms with Gasteiger partial charge in [0, 0.05) is 6.54 Å². The number of carbonyl (C=O) groups excluding carboxylic acids is 3. The number of carbonyl (C=O) groups is 3. The molecular formula is C13H27N5O3S. The number of hydrogen-bond acceptors (Lipinski definition) is 5. The molecule has 22 heavy (non-hydrogen) atoms. The second kappa shape index (κ2) is 11.1. The largest absolute Gasteiger partial charge is 0.352 e. The van der Waals surface area contributed by atoms with Crippen LogP contribution < -0.4 is 27.0 Å². The van der Waals surface area contributed by atoms with Gasteiger partial charge in [0.25, 0.3) is 0 Å². The lowest BCUT2D eigenvalue weighted by molar-refractivity contribution is -0.130. The molecule has 128 valence electrons. The number of rotatable bonds is 10. The summed E-state index contributed by atoms with van der Waals surface area (Å²) >= 11 is 3.94. The van der Waals surface area contributed by atoms with Crippen molar-refractivity contribution < 1.29 is 14.4 Å². The van der Waals surface area contributed by atoms with Gasteiger partial charge in [-0.1, -0.05) is 13.8 Å². The maximum absolute atomic E-state index is 12.2. The molecule has 0 bridgehead atoms. The van der Waals surface area contributed by atoms with Gasteiger partial charge in [0.1, 0.15) is 6.04 Å². The Morgan fingerprint density at radius 2 is 1.77 bits per heavy atom. The van der Waals surface area contributed by atoms with Crippen LogP contribution in [0.3, 0.4) is 0 Å². The van der Waals surface area contributed by atoms with E-state index in [1.807, 2.05) is 13.8 Å². The summed E-state index contributed by atoms with van der Waals surface area (Å²) in [6.45, 7) is 4.18. The van der Waals surface area contributed by atoms with E-state index in [4.69, 9.17) is 5.73 Å². The first-order valence-corrected chi connectivity index (χ1v) is 7.86. The highest BCUT2D eigenvalue weighted by atomic mass is 32.1. The molecule has 8 nitrogen and oxygen atoms in total. The predicted octanol–water partition coefficient (Wildman–Crippen LogP) is -0.833. The first kappa shape index (κ1) is 20.5. The van der Waals surface area contributed by atoms with Gasteiger partial charge >= 0.3 is 6.03 Å². The van der Waals surface area contributed by atoms with E-state index in [0.29, 0.717) is 19.4 Å². The van der Waals surface area contributed by atoms with Crippen LogP contribution in [0.1, 0.15) is 26.7 Å². The zero-order chi connectivity index (χ0) is 17.1. The van der Waals surface area contributed by atoms with Crippen LogP contribution in [0, 0.1) is 5.92 Å². The molecule has 0 aliphatic heterocycles. The smallest absolute Gasteiger partial charge is 0.312 e. The maximum Gasteiger partial charge on any atom is 0.312 e. The summed E-state index contributed by atoms with van der Waals surface area (Å²) in [5.74, 6) is -0.263. The molecule has 0 aromatic carbocycles. The molecular weight excluding hydrogens is 306 g/mol. The highest BCUT2D eigenvalue weighted by Crippen LogP contribution is 2.04. The molecule has 0 spiro atoms. The zero-order valence-corrected chi connectivity index (χ0v) is 14.2. The van der Waals surface area contributed by atoms with Crippen molar-refractivity contribution in [2.75, 3.05) is 19.5 Å². The molecule has 2 atom stereocenters. The third-order valence-corrected chi connectivity index (χ3v) is 3.27. The van der Waals surface area contributed by atoms with Crippen LogP contribution in [0.4, 0.5) is 4.79 Å². The minimum atomic E-state index is -0.677. The van der Waals surface area contributed by atoms with Gasteiger partial charge in [-0.2, -0.15) is 12.6 Å². The standard InChI is InChI=1S/C13H27N5O3S/c1-8(2)10(15-3)12(20)18-9(11(19)17-7-22)5-4-6-16-13(14)21/h8-10,15,22H,4-7H2,1-3H3,(H,17,19)(H,18,20)(H3,14,16,21). The molecule has 9 heteroatoms. The molecule has 2 unspecified atom stereocenters. The molecule has 0 aliphatic carbocycles. The van der Waals surface area contributed by atoms with Crippen LogP contribution in [-0.2, 0) is 9.59 Å². The minimum Gasteiger partial charge on any atom is -0.352 e. The van der Waals surface area contributed by atoms with Crippen LogP contribution in [0.25, 0.3) is 0 Å². The molecule has 0 fully saturated rings. The van der Waals surface area contributed by atoms with Gasteiger partial charge in [0.05, 0.1) is 11.9 Å². The molecule has 0 saturated heterocycles. The van der Waals surface area contributed by atoms with E-state index in [-0.39, 0.29) is 29.7 Å². The number of amides is 4. The van der Waals surface area contributed by atoms with Gasteiger partial charge in [0.15, 0.2) is 0 Å². The van der Waals surface area contributed by atoms with Crippen molar-refractivity contribution in [3.8, 4) is 0 Å². The Morgan fingerprint density at radius 1 is 1.14 bits per heavy atom. The van der Waals surface area contributed by atoms with Gasteiger partial charge in [-0.05, 0) is 25.8 Å². The molecule has 0 rings (SSSR count). The van der Waals surface area contributed by atoms with Crippen molar-refractivity contribution in [1.29, 1.82) is 0 Å². The Bertz CT molecular complexity index is 379. The molecule has 0 radical (unpaired) electrons. The fourth-order valence-electron chi connectivity index (χ4n) is 2.02. The van der Waals surface area contributed by atoms with Gasteiger partial charge in [-0.15, -0.1) is 0 Å². The number of likely N-dealkylation sites (N-methyl/N-ethyl adjacent to an activating group) is 1. The lowest BCUT2D eigenvalue weighted by Gasteiger charge is -2.24. The summed E-state index contributed by atoms with van der Waals surface area (Å²) in [6, 6.07) is -1.67. The summed E-state index contributed by atoms with van der Waals surface area (Å²) < 4.78 is 0. The van der Waals surface area contributed by atoms with E-state index in [0.717, 1.165) is 0 Å². The monoisotopic (exact) mass is 333 g/mol. The van der Waals surface area contributed by atoms with E-state index in [1.54, 1.807) is 7.05 Å². The zero-order valence-electron chi connectivity index (χ0n) is 13.3. The third-order valence-electron chi connectivity index (χ3n) is 3.12. The normalized spacial score (nSPS) is 13.3. The Hall–Kier alpha value is -1.48. The van der Waals surface area contributed by atoms with Crippen molar-refractivity contribution in [1.82, 2.24) is 21.3 Å². The van der Waals surface area contributed by atoms with E-state index < -0.39 is 12.1 Å². The van der Waals surface area contributed by atoms with Gasteiger partial charge in [-0.3, -0.25) is 9.59 Å². The highest BCUT2D eigenvalue weighted by molar-refractivity contribution is 7.80. The maximum atomic E-state index is 12.2. The first-order chi connectivity index (χ1) is 10.3. The van der Waals surface area contributed by atoms with Crippen LogP contribution in [0.5, 0.6) is 0 Å². The number of thiol groups is 1. The fourth-order valence-corrected chi connectivity index (χ4v) is 2.17. The first-order valence-electron chi connectivity index (χ1n) is 7.23. The Morgan fingerprint density at radius 3 is 2.23 bits per heavy atom. The lowest BCUT2D eigenvalue weighted by atomic mass is 10.0. The Labute approximate surface area is 136 Å². The van der Waals surface area contributed by atoms with Crippen LogP contribution >= 0.6 is 12.6 Å². The Balaban J connectivity index is 4.61. The second-order valence-electron chi connectivity index (χ2n) is 5.20. The summed E-state index contributed by atoms with van der Waals surface area (Å²) in [5.41, 5.74) is 4.97. The number of primary amides is 1. The van der Waals surface area contributed by atoms with E-state index in [1.165, 1.54) is 0 Å². The molecule has 0 aliphatic rings. The lowest BCUT2D eigenvalue weighted by Crippen LogP contribution is -2.53. The van der Waals surface area contributed by atoms with Crippen molar-refractivity contribution in [2.24, 2.45) is 11.7 Å². The molecule has 0 aromatic heterocycles. The number of hydrogen-bond donors (Lipinski definition) is 6. The molecule has 0 saturated carbocycles. The quantitative estimate of drug-likeness (QED) is 0.177. The van der Waals surface area contributed by atoms with Gasteiger partial charge in [0.2, 0.25) is 11.8 Å². The summed E-state index contributed by atoms with van der Waals surface area (Å²) in [7, 11) is 1.70. The second-order valence-corrected chi connectivity index (χ2v) is 5.52. The highest BCUT2D eigenvalue weighted by Gasteiger charge is 2.25. The van der Waals surface area contributed by atoms with Gasteiger partial charge in [-0.25, -0.2) is 4.79 Å². The van der Waals surface area contributed by atoms with Crippen molar-refractivity contribution in [2.45, 2.75) is 38.8 Å². The van der Waals surface area contributed by atoms with Crippen LogP contribution in [0.2, 0.25) is 0 Å². The molecule has 4 amide bonds. The molecule has 0 heterocycles. The summed E-state index contributed by atoms with van der Waals surface area (Å²) in [4.78, 5) is 34.8. The minimum absolute atomic E-state index is 0.0927. The van der Waals surface area contributed by atoms with Crippen molar-refractivity contribution in [3.63, 3.8) is 0 Å². The molecule has 6 N–H and O–H groups in total. The Kier molecular flexibility index (Phi) is 10.4. The third kappa shape index (κ3) is 8.08. The van der Waals surface area contributed by atoms with E-state index >= 15 is 0 Å². The van der Waals surface area contributed by atoms with Gasteiger partial charge < -0.3 is 27.0 Å². The number of nitrogens with two attached hydrogens (primary N) is 1. The fraction of sp³-hybridized carbons (Fsp3) is 0.769. The summed E-state index contributed by atoms with van der Waals surface area (Å²) in [6.07, 6.45) is 0.903. The van der Waals surface area contributed by atoms with Crippen molar-refractivity contribution >= 4 is 30.5 Å².